The number of rotatable bonds is 10. The summed E-state index contributed by atoms with van der Waals surface area (Å²) >= 11 is 0. The summed E-state index contributed by atoms with van der Waals surface area (Å²) in [5, 5.41) is 11.7. The van der Waals surface area contributed by atoms with Gasteiger partial charge < -0.3 is 15.2 Å². The smallest absolute Gasteiger partial charge is 0.408 e. The van der Waals surface area contributed by atoms with E-state index < -0.39 is 18.1 Å². The van der Waals surface area contributed by atoms with Crippen LogP contribution >= 0.6 is 0 Å². The van der Waals surface area contributed by atoms with E-state index in [1.807, 2.05) is 30.3 Å². The van der Waals surface area contributed by atoms with Crippen LogP contribution in [0, 0.1) is 5.92 Å². The van der Waals surface area contributed by atoms with Crippen LogP contribution in [0.5, 0.6) is 0 Å². The fraction of sp³-hybridized carbons (Fsp3) is 0.556. The lowest BCUT2D eigenvalue weighted by atomic mass is 9.96. The summed E-state index contributed by atoms with van der Waals surface area (Å²) in [6, 6.07) is 8.38. The average Bonchev–Trinajstić information content (AvgIpc) is 2.55. The van der Waals surface area contributed by atoms with Gasteiger partial charge in [-0.1, -0.05) is 63.4 Å². The molecule has 0 heterocycles. The molecule has 128 valence electrons. The highest BCUT2D eigenvalue weighted by molar-refractivity contribution is 5.79. The second kappa shape index (κ2) is 10.6. The molecule has 1 rings (SSSR count). The summed E-state index contributed by atoms with van der Waals surface area (Å²) in [4.78, 5) is 23.0. The summed E-state index contributed by atoms with van der Waals surface area (Å²) in [6.07, 6.45) is 3.86. The van der Waals surface area contributed by atoms with Crippen LogP contribution in [0.15, 0.2) is 30.3 Å². The van der Waals surface area contributed by atoms with Crippen LogP contribution in [0.3, 0.4) is 0 Å². The van der Waals surface area contributed by atoms with Crippen molar-refractivity contribution in [3.05, 3.63) is 35.9 Å². The van der Waals surface area contributed by atoms with Gasteiger partial charge in [0.1, 0.15) is 12.6 Å². The summed E-state index contributed by atoms with van der Waals surface area (Å²) in [5.74, 6) is -0.566. The number of benzene rings is 1. The normalized spacial score (nSPS) is 13.1. The third-order valence-corrected chi connectivity index (χ3v) is 3.80. The molecule has 23 heavy (non-hydrogen) atoms. The molecule has 0 bridgehead atoms. The van der Waals surface area contributed by atoms with Crippen molar-refractivity contribution < 1.29 is 19.4 Å². The Labute approximate surface area is 138 Å². The molecule has 0 aliphatic rings. The zero-order valence-electron chi connectivity index (χ0n) is 14.0. The number of hydrogen-bond acceptors (Lipinski definition) is 3. The van der Waals surface area contributed by atoms with E-state index in [2.05, 4.69) is 19.2 Å². The number of carbonyl (C=O) groups excluding carboxylic acids is 1. The molecule has 0 radical (unpaired) electrons. The van der Waals surface area contributed by atoms with Crippen molar-refractivity contribution >= 4 is 12.1 Å². The van der Waals surface area contributed by atoms with Crippen LogP contribution in [0.4, 0.5) is 4.79 Å². The summed E-state index contributed by atoms with van der Waals surface area (Å²) in [7, 11) is 0. The molecule has 1 unspecified atom stereocenters. The molecule has 2 N–H and O–H groups in total. The van der Waals surface area contributed by atoms with Gasteiger partial charge in [-0.15, -0.1) is 0 Å². The van der Waals surface area contributed by atoms with Gasteiger partial charge in [0, 0.05) is 0 Å². The lowest BCUT2D eigenvalue weighted by Gasteiger charge is -2.17. The molecular formula is C18H27NO4. The van der Waals surface area contributed by atoms with Crippen LogP contribution in [0.25, 0.3) is 0 Å². The second-order valence-corrected chi connectivity index (χ2v) is 5.92. The predicted octanol–water partition coefficient (Wildman–Crippen LogP) is 3.97. The summed E-state index contributed by atoms with van der Waals surface area (Å²) in [5.41, 5.74) is 0.864. The van der Waals surface area contributed by atoms with Crippen LogP contribution in [0.2, 0.25) is 0 Å². The minimum atomic E-state index is -1.02. The number of hydrogen-bond donors (Lipinski definition) is 2. The minimum absolute atomic E-state index is 0.131. The molecule has 1 aromatic carbocycles. The third kappa shape index (κ3) is 8.24. The molecule has 0 spiro atoms. The van der Waals surface area contributed by atoms with E-state index in [1.165, 1.54) is 0 Å². The maximum atomic E-state index is 11.8. The Morgan fingerprint density at radius 2 is 1.87 bits per heavy atom. The van der Waals surface area contributed by atoms with Gasteiger partial charge in [0.2, 0.25) is 0 Å². The fourth-order valence-electron chi connectivity index (χ4n) is 2.31. The van der Waals surface area contributed by atoms with Gasteiger partial charge in [0.25, 0.3) is 0 Å². The first kappa shape index (κ1) is 19.0. The van der Waals surface area contributed by atoms with E-state index in [1.54, 1.807) is 0 Å². The van der Waals surface area contributed by atoms with Crippen LogP contribution < -0.4 is 5.32 Å². The minimum Gasteiger partial charge on any atom is -0.480 e. The number of carboxylic acid groups (broad SMARTS) is 1. The predicted molar refractivity (Wildman–Crippen MR) is 89.1 cm³/mol. The SMILES string of the molecule is CCCC[C@@H](C)CCC(NC(=O)OCc1ccccc1)C(=O)O. The molecule has 0 aromatic heterocycles. The van der Waals surface area contributed by atoms with Gasteiger partial charge in [-0.05, 0) is 24.3 Å². The van der Waals surface area contributed by atoms with Gasteiger partial charge in [-0.2, -0.15) is 0 Å². The topological polar surface area (TPSA) is 75.6 Å². The lowest BCUT2D eigenvalue weighted by molar-refractivity contribution is -0.139. The van der Waals surface area contributed by atoms with Crippen LogP contribution in [-0.4, -0.2) is 23.2 Å². The maximum absolute atomic E-state index is 11.8. The summed E-state index contributed by atoms with van der Waals surface area (Å²) < 4.78 is 5.07. The first-order valence-corrected chi connectivity index (χ1v) is 8.23. The van der Waals surface area contributed by atoms with Crippen LogP contribution in [0.1, 0.15) is 51.5 Å². The van der Waals surface area contributed by atoms with Crippen molar-refractivity contribution in [2.24, 2.45) is 5.92 Å². The van der Waals surface area contributed by atoms with Crippen LogP contribution in [-0.2, 0) is 16.1 Å². The van der Waals surface area contributed by atoms with E-state index in [9.17, 15) is 14.7 Å². The number of amides is 1. The average molecular weight is 321 g/mol. The number of aliphatic carboxylic acids is 1. The number of unbranched alkanes of at least 4 members (excludes halogenated alkanes) is 1. The Bertz CT molecular complexity index is 475. The maximum Gasteiger partial charge on any atom is 0.408 e. The van der Waals surface area contributed by atoms with E-state index in [0.29, 0.717) is 12.3 Å². The Balaban J connectivity index is 2.36. The first-order valence-electron chi connectivity index (χ1n) is 8.23. The highest BCUT2D eigenvalue weighted by Crippen LogP contribution is 2.15. The number of carbonyl (C=O) groups is 2. The molecule has 1 amide bonds. The zero-order valence-corrected chi connectivity index (χ0v) is 14.0. The number of carboxylic acids is 1. The number of ether oxygens (including phenoxy) is 1. The Morgan fingerprint density at radius 3 is 2.48 bits per heavy atom. The molecule has 5 nitrogen and oxygen atoms in total. The zero-order chi connectivity index (χ0) is 17.1. The van der Waals surface area contributed by atoms with Gasteiger partial charge in [-0.3, -0.25) is 0 Å². The molecule has 5 heteroatoms. The highest BCUT2D eigenvalue weighted by Gasteiger charge is 2.21. The molecule has 0 aliphatic carbocycles. The second-order valence-electron chi connectivity index (χ2n) is 5.92. The third-order valence-electron chi connectivity index (χ3n) is 3.80. The largest absolute Gasteiger partial charge is 0.480 e. The van der Waals surface area contributed by atoms with E-state index in [0.717, 1.165) is 31.2 Å². The van der Waals surface area contributed by atoms with Crippen molar-refractivity contribution in [2.75, 3.05) is 0 Å². The molecule has 0 fully saturated rings. The Kier molecular flexibility index (Phi) is 8.80. The number of alkyl carbamates (subject to hydrolysis) is 1. The van der Waals surface area contributed by atoms with E-state index in [4.69, 9.17) is 4.74 Å². The highest BCUT2D eigenvalue weighted by atomic mass is 16.5. The Hall–Kier alpha value is -2.04. The first-order chi connectivity index (χ1) is 11.0. The Morgan fingerprint density at radius 1 is 1.17 bits per heavy atom. The van der Waals surface area contributed by atoms with Crippen molar-refractivity contribution in [1.82, 2.24) is 5.32 Å². The molecule has 0 saturated heterocycles. The van der Waals surface area contributed by atoms with Crippen molar-refractivity contribution in [1.29, 1.82) is 0 Å². The lowest BCUT2D eigenvalue weighted by Crippen LogP contribution is -2.41. The van der Waals surface area contributed by atoms with Gasteiger partial charge in [0.05, 0.1) is 0 Å². The molecule has 0 saturated carbocycles. The van der Waals surface area contributed by atoms with Crippen molar-refractivity contribution in [3.63, 3.8) is 0 Å². The van der Waals surface area contributed by atoms with Gasteiger partial charge in [-0.25, -0.2) is 9.59 Å². The van der Waals surface area contributed by atoms with E-state index in [-0.39, 0.29) is 6.61 Å². The fourth-order valence-corrected chi connectivity index (χ4v) is 2.31. The summed E-state index contributed by atoms with van der Waals surface area (Å²) in [6.45, 7) is 4.38. The number of nitrogens with one attached hydrogen (secondary N) is 1. The van der Waals surface area contributed by atoms with Crippen molar-refractivity contribution in [3.8, 4) is 0 Å². The molecule has 0 aliphatic heterocycles. The molecule has 2 atom stereocenters. The standard InChI is InChI=1S/C18H27NO4/c1-3-4-8-14(2)11-12-16(17(20)21)19-18(22)23-13-15-9-6-5-7-10-15/h5-7,9-10,14,16H,3-4,8,11-13H2,1-2H3,(H,19,22)(H,20,21)/t14-,16?/m1/s1. The monoisotopic (exact) mass is 321 g/mol. The van der Waals surface area contributed by atoms with Crippen molar-refractivity contribution in [2.45, 2.75) is 58.6 Å². The van der Waals surface area contributed by atoms with Gasteiger partial charge in [0.15, 0.2) is 0 Å². The van der Waals surface area contributed by atoms with E-state index >= 15 is 0 Å². The quantitative estimate of drug-likeness (QED) is 0.683. The molecule has 1 aromatic rings. The molecular weight excluding hydrogens is 294 g/mol. The van der Waals surface area contributed by atoms with Gasteiger partial charge >= 0.3 is 12.1 Å².